The van der Waals surface area contributed by atoms with Gasteiger partial charge in [0, 0.05) is 27.5 Å². The number of aromatic nitrogens is 1. The monoisotopic (exact) mass is 513 g/mol. The third kappa shape index (κ3) is 3.45. The second kappa shape index (κ2) is 9.49. The summed E-state index contributed by atoms with van der Waals surface area (Å²) in [6.45, 7) is 0. The predicted octanol–water partition coefficient (Wildman–Crippen LogP) is 9.14. The zero-order chi connectivity index (χ0) is 27.1. The summed E-state index contributed by atoms with van der Waals surface area (Å²) in [4.78, 5) is 3.86. The van der Waals surface area contributed by atoms with Crippen LogP contribution < -0.4 is 0 Å². The fourth-order valence-electron chi connectivity index (χ4n) is 6.59. The minimum absolute atomic E-state index is 0.292. The summed E-state index contributed by atoms with van der Waals surface area (Å²) >= 11 is 0. The van der Waals surface area contributed by atoms with Gasteiger partial charge >= 0.3 is 0 Å². The van der Waals surface area contributed by atoms with Gasteiger partial charge in [0.25, 0.3) is 0 Å². The van der Waals surface area contributed by atoms with Crippen molar-refractivity contribution < 1.29 is 5.11 Å². The van der Waals surface area contributed by atoms with Crippen molar-refractivity contribution in [1.29, 1.82) is 0 Å². The van der Waals surface area contributed by atoms with Crippen LogP contribution in [0.15, 0.2) is 133 Å². The van der Waals surface area contributed by atoms with E-state index in [2.05, 4.69) is 102 Å². The molecule has 2 N–H and O–H groups in total. The van der Waals surface area contributed by atoms with E-state index in [1.165, 1.54) is 44.2 Å². The largest absolute Gasteiger partial charge is 0.508 e. The molecule has 1 aromatic heterocycles. The van der Waals surface area contributed by atoms with Crippen LogP contribution in [-0.4, -0.2) is 10.1 Å². The van der Waals surface area contributed by atoms with Gasteiger partial charge in [0.1, 0.15) is 5.75 Å². The van der Waals surface area contributed by atoms with Gasteiger partial charge in [0.05, 0.1) is 16.4 Å². The van der Waals surface area contributed by atoms with E-state index in [-0.39, 0.29) is 0 Å². The lowest BCUT2D eigenvalue weighted by Gasteiger charge is -2.32. The van der Waals surface area contributed by atoms with E-state index in [0.29, 0.717) is 12.2 Å². The number of rotatable bonds is 5. The van der Waals surface area contributed by atoms with E-state index in [9.17, 15) is 5.11 Å². The van der Waals surface area contributed by atoms with E-state index in [4.69, 9.17) is 6.42 Å². The molecule has 0 aliphatic heterocycles. The van der Waals surface area contributed by atoms with Crippen LogP contribution in [0.25, 0.3) is 44.1 Å². The quantitative estimate of drug-likeness (QED) is 0.175. The van der Waals surface area contributed by atoms with Crippen LogP contribution in [0.2, 0.25) is 0 Å². The summed E-state index contributed by atoms with van der Waals surface area (Å²) in [5.41, 5.74) is 9.71. The fourth-order valence-corrected chi connectivity index (χ4v) is 6.59. The Hall–Kier alpha value is -5.26. The normalized spacial score (nSPS) is 16.1. The van der Waals surface area contributed by atoms with Crippen LogP contribution in [0, 0.1) is 12.3 Å². The molecule has 0 amide bonds. The molecule has 2 nitrogen and oxygen atoms in total. The lowest BCUT2D eigenvalue weighted by molar-refractivity contribution is 0.454. The van der Waals surface area contributed by atoms with E-state index in [1.807, 2.05) is 30.4 Å². The standard InChI is InChI=1S/C38H27NO/c1-2-3-4-5-13-25-38(32-21-11-12-22-34(32)40)31-20-10-9-17-30(31)35-33(38)24-23-29-28-19-14-18-27(36(28)39-37(29)35)26-15-7-6-8-16-26/h1,3-24,39-40H,25H2/b4-3-,13-5-. The first-order valence-corrected chi connectivity index (χ1v) is 13.5. The van der Waals surface area contributed by atoms with Crippen LogP contribution in [0.5, 0.6) is 5.75 Å². The number of hydrogen-bond donors (Lipinski definition) is 2. The van der Waals surface area contributed by atoms with Gasteiger partial charge < -0.3 is 10.1 Å². The number of benzene rings is 5. The molecule has 0 saturated carbocycles. The maximum atomic E-state index is 11.2. The molecule has 1 unspecified atom stereocenters. The zero-order valence-corrected chi connectivity index (χ0v) is 21.9. The van der Waals surface area contributed by atoms with Crippen molar-refractivity contribution in [3.63, 3.8) is 0 Å². The average molecular weight is 514 g/mol. The van der Waals surface area contributed by atoms with Gasteiger partial charge in [-0.1, -0.05) is 127 Å². The summed E-state index contributed by atoms with van der Waals surface area (Å²) in [7, 11) is 0. The molecule has 0 radical (unpaired) electrons. The van der Waals surface area contributed by atoms with Crippen molar-refractivity contribution >= 4 is 21.8 Å². The number of aromatic hydroxyl groups is 1. The predicted molar refractivity (Wildman–Crippen MR) is 166 cm³/mol. The van der Waals surface area contributed by atoms with Crippen molar-refractivity contribution in [2.45, 2.75) is 11.8 Å². The number of aromatic amines is 1. The summed E-state index contributed by atoms with van der Waals surface area (Å²) in [5.74, 6) is 2.84. The number of H-pyrrole nitrogens is 1. The molecule has 1 atom stereocenters. The van der Waals surface area contributed by atoms with Crippen LogP contribution in [0.3, 0.4) is 0 Å². The number of nitrogens with one attached hydrogen (secondary N) is 1. The lowest BCUT2D eigenvalue weighted by Crippen LogP contribution is -2.26. The van der Waals surface area contributed by atoms with Crippen molar-refractivity contribution in [2.75, 3.05) is 0 Å². The summed E-state index contributed by atoms with van der Waals surface area (Å²) in [6.07, 6.45) is 13.8. The molecule has 0 spiro atoms. The second-order valence-corrected chi connectivity index (χ2v) is 10.3. The Morgan fingerprint density at radius 3 is 2.23 bits per heavy atom. The lowest BCUT2D eigenvalue weighted by atomic mass is 9.69. The average Bonchev–Trinajstić information content (AvgIpc) is 3.52. The number of phenols is 1. The first-order chi connectivity index (χ1) is 19.7. The molecule has 7 rings (SSSR count). The highest BCUT2D eigenvalue weighted by molar-refractivity contribution is 6.17. The van der Waals surface area contributed by atoms with Crippen LogP contribution in [0.1, 0.15) is 23.1 Å². The van der Waals surface area contributed by atoms with Gasteiger partial charge in [-0.15, -0.1) is 6.42 Å². The number of fused-ring (bicyclic) bond motifs is 7. The number of phenolic OH excluding ortho intramolecular Hbond substituents is 1. The van der Waals surface area contributed by atoms with Gasteiger partial charge in [-0.3, -0.25) is 0 Å². The van der Waals surface area contributed by atoms with E-state index in [1.54, 1.807) is 12.1 Å². The molecule has 6 aromatic rings. The molecule has 1 aliphatic rings. The van der Waals surface area contributed by atoms with Crippen molar-refractivity contribution in [3.05, 3.63) is 150 Å². The summed E-state index contributed by atoms with van der Waals surface area (Å²) in [5, 5.41) is 13.6. The van der Waals surface area contributed by atoms with E-state index in [0.717, 1.165) is 16.6 Å². The molecule has 2 heteroatoms. The first kappa shape index (κ1) is 23.8. The zero-order valence-electron chi connectivity index (χ0n) is 21.9. The van der Waals surface area contributed by atoms with Crippen molar-refractivity contribution in [1.82, 2.24) is 4.98 Å². The molecule has 0 bridgehead atoms. The third-order valence-electron chi connectivity index (χ3n) is 8.24. The molecule has 0 fully saturated rings. The van der Waals surface area contributed by atoms with Crippen molar-refractivity contribution in [3.8, 4) is 40.3 Å². The van der Waals surface area contributed by atoms with Gasteiger partial charge in [0.2, 0.25) is 0 Å². The Kier molecular flexibility index (Phi) is 5.65. The molecular weight excluding hydrogens is 486 g/mol. The van der Waals surface area contributed by atoms with Gasteiger partial charge in [-0.25, -0.2) is 0 Å². The molecular formula is C38H27NO. The second-order valence-electron chi connectivity index (χ2n) is 10.3. The highest BCUT2D eigenvalue weighted by atomic mass is 16.3. The highest BCUT2D eigenvalue weighted by Gasteiger charge is 2.46. The molecule has 0 saturated heterocycles. The number of allylic oxidation sites excluding steroid dienone is 4. The van der Waals surface area contributed by atoms with E-state index < -0.39 is 5.41 Å². The first-order valence-electron chi connectivity index (χ1n) is 13.5. The summed E-state index contributed by atoms with van der Waals surface area (Å²) < 4.78 is 0. The molecule has 40 heavy (non-hydrogen) atoms. The van der Waals surface area contributed by atoms with Gasteiger partial charge in [-0.2, -0.15) is 0 Å². The van der Waals surface area contributed by atoms with Crippen molar-refractivity contribution in [2.24, 2.45) is 0 Å². The molecule has 1 aliphatic carbocycles. The SMILES string of the molecule is C#C/C=C\C=C/CC1(c2ccccc2O)c2ccccc2-c2c1ccc1c2[nH]c2c(-c3ccccc3)cccc21. The Balaban J connectivity index is 1.56. The van der Waals surface area contributed by atoms with E-state index >= 15 is 0 Å². The number of para-hydroxylation sites is 2. The molecule has 5 aromatic carbocycles. The smallest absolute Gasteiger partial charge is 0.120 e. The number of terminal acetylenes is 1. The fraction of sp³-hybridized carbons (Fsp3) is 0.0526. The number of hydrogen-bond acceptors (Lipinski definition) is 1. The highest BCUT2D eigenvalue weighted by Crippen LogP contribution is 2.58. The minimum atomic E-state index is -0.564. The van der Waals surface area contributed by atoms with Crippen LogP contribution >= 0.6 is 0 Å². The van der Waals surface area contributed by atoms with Gasteiger partial charge in [-0.05, 0) is 40.8 Å². The minimum Gasteiger partial charge on any atom is -0.508 e. The topological polar surface area (TPSA) is 36.0 Å². The Morgan fingerprint density at radius 2 is 1.40 bits per heavy atom. The maximum Gasteiger partial charge on any atom is 0.120 e. The van der Waals surface area contributed by atoms with Crippen LogP contribution in [0.4, 0.5) is 0 Å². The Bertz CT molecular complexity index is 2000. The Morgan fingerprint density at radius 1 is 0.675 bits per heavy atom. The summed E-state index contributed by atoms with van der Waals surface area (Å²) in [6, 6.07) is 37.9. The molecule has 1 heterocycles. The Labute approximate surface area is 234 Å². The van der Waals surface area contributed by atoms with Gasteiger partial charge in [0.15, 0.2) is 0 Å². The molecule has 190 valence electrons. The third-order valence-corrected chi connectivity index (χ3v) is 8.24. The maximum absolute atomic E-state index is 11.2. The van der Waals surface area contributed by atoms with Crippen LogP contribution in [-0.2, 0) is 5.41 Å².